The first-order valence-electron chi connectivity index (χ1n) is 4.00. The Morgan fingerprint density at radius 2 is 2.08 bits per heavy atom. The molecule has 0 fully saturated rings. The molecule has 0 aliphatic rings. The molecule has 0 bridgehead atoms. The van der Waals surface area contributed by atoms with Gasteiger partial charge in [0.1, 0.15) is 0 Å². The molecule has 1 aromatic carbocycles. The van der Waals surface area contributed by atoms with Crippen molar-refractivity contribution in [2.75, 3.05) is 0 Å². The minimum Gasteiger partial charge on any atom is -0.166 e. The molecule has 0 saturated heterocycles. The van der Waals surface area contributed by atoms with Gasteiger partial charge >= 0.3 is 0 Å². The molecule has 0 aliphatic heterocycles. The lowest BCUT2D eigenvalue weighted by Gasteiger charge is -1.98. The Morgan fingerprint density at radius 1 is 1.38 bits per heavy atom. The maximum atomic E-state index is 3.83. The number of benzene rings is 1. The Morgan fingerprint density at radius 3 is 2.69 bits per heavy atom. The fourth-order valence-corrected chi connectivity index (χ4v) is 1.57. The van der Waals surface area contributed by atoms with Gasteiger partial charge in [0, 0.05) is 12.5 Å². The molecule has 68 valence electrons. The summed E-state index contributed by atoms with van der Waals surface area (Å²) in [6.07, 6.45) is 0. The van der Waals surface area contributed by atoms with Crippen molar-refractivity contribution in [2.24, 2.45) is 10.2 Å². The van der Waals surface area contributed by atoms with Crippen LogP contribution in [0, 0.1) is 0 Å². The van der Waals surface area contributed by atoms with Crippen molar-refractivity contribution < 1.29 is 0 Å². The summed E-state index contributed by atoms with van der Waals surface area (Å²) in [6.45, 7) is 5.24. The highest BCUT2D eigenvalue weighted by Crippen LogP contribution is 2.13. The third-order valence-corrected chi connectivity index (χ3v) is 2.48. The standard InChI is InChI=1S/C10H12N2S/c1-9(12-11-2)13-8-10-6-4-3-5-7-10/h3-7H,2,8H2,1H3/b12-9-. The first-order chi connectivity index (χ1) is 6.33. The van der Waals surface area contributed by atoms with E-state index in [1.165, 1.54) is 5.56 Å². The molecule has 0 heterocycles. The summed E-state index contributed by atoms with van der Waals surface area (Å²) in [6, 6.07) is 10.3. The van der Waals surface area contributed by atoms with Crippen LogP contribution in [-0.4, -0.2) is 11.8 Å². The molecule has 13 heavy (non-hydrogen) atoms. The van der Waals surface area contributed by atoms with Crippen LogP contribution in [0.3, 0.4) is 0 Å². The molecule has 0 radical (unpaired) electrons. The van der Waals surface area contributed by atoms with Gasteiger partial charge in [-0.05, 0) is 12.5 Å². The largest absolute Gasteiger partial charge is 0.166 e. The molecular formula is C10H12N2S. The molecule has 0 amide bonds. The molecule has 1 aromatic rings. The van der Waals surface area contributed by atoms with E-state index in [1.807, 2.05) is 25.1 Å². The Kier molecular flexibility index (Phi) is 4.26. The van der Waals surface area contributed by atoms with Gasteiger partial charge in [-0.15, -0.1) is 16.9 Å². The van der Waals surface area contributed by atoms with Gasteiger partial charge < -0.3 is 0 Å². The van der Waals surface area contributed by atoms with Gasteiger partial charge in [0.2, 0.25) is 0 Å². The zero-order valence-corrected chi connectivity index (χ0v) is 8.42. The summed E-state index contributed by atoms with van der Waals surface area (Å²) in [7, 11) is 0. The maximum absolute atomic E-state index is 3.83. The number of rotatable bonds is 3. The van der Waals surface area contributed by atoms with Crippen molar-refractivity contribution in [1.29, 1.82) is 0 Å². The second kappa shape index (κ2) is 5.54. The zero-order valence-electron chi connectivity index (χ0n) is 7.60. The molecule has 3 heteroatoms. The third kappa shape index (κ3) is 3.90. The maximum Gasteiger partial charge on any atom is 0.0930 e. The van der Waals surface area contributed by atoms with E-state index in [4.69, 9.17) is 0 Å². The lowest BCUT2D eigenvalue weighted by Crippen LogP contribution is -1.85. The second-order valence-electron chi connectivity index (χ2n) is 2.53. The van der Waals surface area contributed by atoms with E-state index < -0.39 is 0 Å². The Balaban J connectivity index is 2.44. The predicted octanol–water partition coefficient (Wildman–Crippen LogP) is 2.95. The van der Waals surface area contributed by atoms with Crippen LogP contribution < -0.4 is 0 Å². The van der Waals surface area contributed by atoms with E-state index in [1.54, 1.807) is 11.8 Å². The average Bonchev–Trinajstić information content (AvgIpc) is 2.17. The Hall–Kier alpha value is -1.09. The monoisotopic (exact) mass is 192 g/mol. The van der Waals surface area contributed by atoms with Gasteiger partial charge in [0.25, 0.3) is 0 Å². The number of hydrogen-bond acceptors (Lipinski definition) is 3. The first kappa shape index (κ1) is 9.99. The highest BCUT2D eigenvalue weighted by Gasteiger charge is 1.94. The molecule has 1 rings (SSSR count). The fraction of sp³-hybridized carbons (Fsp3) is 0.200. The van der Waals surface area contributed by atoms with Crippen molar-refractivity contribution in [1.82, 2.24) is 0 Å². The van der Waals surface area contributed by atoms with E-state index in [2.05, 4.69) is 29.1 Å². The topological polar surface area (TPSA) is 24.7 Å². The lowest BCUT2D eigenvalue weighted by molar-refractivity contribution is 1.27. The van der Waals surface area contributed by atoms with Gasteiger partial charge in [0.05, 0.1) is 5.04 Å². The van der Waals surface area contributed by atoms with Crippen molar-refractivity contribution >= 4 is 23.5 Å². The van der Waals surface area contributed by atoms with Crippen LogP contribution in [0.15, 0.2) is 40.5 Å². The summed E-state index contributed by atoms with van der Waals surface area (Å²) in [5.74, 6) is 0.936. The van der Waals surface area contributed by atoms with Crippen molar-refractivity contribution in [3.05, 3.63) is 35.9 Å². The molecule has 0 N–H and O–H groups in total. The number of nitrogens with zero attached hydrogens (tertiary/aromatic N) is 2. The fourth-order valence-electron chi connectivity index (χ4n) is 0.890. The number of thioether (sulfide) groups is 1. The van der Waals surface area contributed by atoms with E-state index >= 15 is 0 Å². The SMILES string of the molecule is C=N/N=C(/C)SCc1ccccc1. The van der Waals surface area contributed by atoms with Gasteiger partial charge in [0.15, 0.2) is 0 Å². The average molecular weight is 192 g/mol. The highest BCUT2D eigenvalue weighted by molar-refractivity contribution is 8.13. The Bertz CT molecular complexity index is 293. The molecular weight excluding hydrogens is 180 g/mol. The van der Waals surface area contributed by atoms with Crippen LogP contribution in [0.25, 0.3) is 0 Å². The van der Waals surface area contributed by atoms with Crippen LogP contribution in [0.2, 0.25) is 0 Å². The minimum absolute atomic E-state index is 0.936. The summed E-state index contributed by atoms with van der Waals surface area (Å²) >= 11 is 1.67. The minimum atomic E-state index is 0.936. The summed E-state index contributed by atoms with van der Waals surface area (Å²) in [5.41, 5.74) is 1.30. The molecule has 0 saturated carbocycles. The van der Waals surface area contributed by atoms with Gasteiger partial charge in [-0.25, -0.2) is 0 Å². The molecule has 2 nitrogen and oxygen atoms in total. The summed E-state index contributed by atoms with van der Waals surface area (Å²) in [4.78, 5) is 0. The van der Waals surface area contributed by atoms with Gasteiger partial charge in [-0.3, -0.25) is 0 Å². The molecule has 0 atom stereocenters. The van der Waals surface area contributed by atoms with E-state index in [9.17, 15) is 0 Å². The van der Waals surface area contributed by atoms with Gasteiger partial charge in [-0.1, -0.05) is 30.3 Å². The number of hydrogen-bond donors (Lipinski definition) is 0. The highest BCUT2D eigenvalue weighted by atomic mass is 32.2. The Labute approximate surface area is 82.8 Å². The van der Waals surface area contributed by atoms with Crippen molar-refractivity contribution in [2.45, 2.75) is 12.7 Å². The quantitative estimate of drug-likeness (QED) is 0.410. The molecule has 0 aliphatic carbocycles. The van der Waals surface area contributed by atoms with Crippen LogP contribution in [0.5, 0.6) is 0 Å². The van der Waals surface area contributed by atoms with Gasteiger partial charge in [-0.2, -0.15) is 5.10 Å². The van der Waals surface area contributed by atoms with Crippen LogP contribution in [-0.2, 0) is 5.75 Å². The van der Waals surface area contributed by atoms with E-state index in [0.29, 0.717) is 0 Å². The first-order valence-corrected chi connectivity index (χ1v) is 4.98. The van der Waals surface area contributed by atoms with E-state index in [0.717, 1.165) is 10.8 Å². The predicted molar refractivity (Wildman–Crippen MR) is 60.4 cm³/mol. The third-order valence-electron chi connectivity index (χ3n) is 1.50. The summed E-state index contributed by atoms with van der Waals surface area (Å²) < 4.78 is 0. The normalized spacial score (nSPS) is 11.3. The van der Waals surface area contributed by atoms with Crippen LogP contribution >= 0.6 is 11.8 Å². The van der Waals surface area contributed by atoms with E-state index in [-0.39, 0.29) is 0 Å². The smallest absolute Gasteiger partial charge is 0.0930 e. The lowest BCUT2D eigenvalue weighted by atomic mass is 10.2. The molecule has 0 spiro atoms. The molecule has 0 aromatic heterocycles. The second-order valence-corrected chi connectivity index (χ2v) is 3.70. The van der Waals surface area contributed by atoms with Crippen LogP contribution in [0.4, 0.5) is 0 Å². The van der Waals surface area contributed by atoms with Crippen LogP contribution in [0.1, 0.15) is 12.5 Å². The molecule has 0 unspecified atom stereocenters. The zero-order chi connectivity index (χ0) is 9.52. The van der Waals surface area contributed by atoms with Crippen molar-refractivity contribution in [3.63, 3.8) is 0 Å². The summed E-state index contributed by atoms with van der Waals surface area (Å²) in [5, 5.41) is 8.24. The van der Waals surface area contributed by atoms with Crippen molar-refractivity contribution in [3.8, 4) is 0 Å².